The van der Waals surface area contributed by atoms with Crippen LogP contribution in [0.25, 0.3) is 0 Å². The van der Waals surface area contributed by atoms with E-state index in [-0.39, 0.29) is 5.60 Å². The number of rotatable bonds is 3. The van der Waals surface area contributed by atoms with Gasteiger partial charge in [0.15, 0.2) is 0 Å². The smallest absolute Gasteiger partial charge is 0.0685 e. The summed E-state index contributed by atoms with van der Waals surface area (Å²) in [5.41, 5.74) is 6.70. The number of nitrogens with two attached hydrogens (primary N) is 1. The van der Waals surface area contributed by atoms with Crippen molar-refractivity contribution in [1.29, 1.82) is 0 Å². The van der Waals surface area contributed by atoms with Crippen molar-refractivity contribution in [2.24, 2.45) is 11.7 Å². The molecule has 110 valence electrons. The highest BCUT2D eigenvalue weighted by molar-refractivity contribution is 4.94. The molecule has 3 unspecified atom stereocenters. The lowest BCUT2D eigenvalue weighted by atomic mass is 9.79. The molecule has 0 amide bonds. The zero-order chi connectivity index (χ0) is 13.1. The van der Waals surface area contributed by atoms with Crippen molar-refractivity contribution in [2.45, 2.75) is 82.0 Å². The van der Waals surface area contributed by atoms with E-state index in [0.717, 1.165) is 26.1 Å². The Morgan fingerprint density at radius 1 is 1.05 bits per heavy atom. The van der Waals surface area contributed by atoms with E-state index in [0.29, 0.717) is 18.1 Å². The monoisotopic (exact) mass is 267 g/mol. The van der Waals surface area contributed by atoms with Crippen LogP contribution < -0.4 is 5.73 Å². The molecule has 3 nitrogen and oxygen atoms in total. The zero-order valence-corrected chi connectivity index (χ0v) is 12.1. The van der Waals surface area contributed by atoms with Crippen molar-refractivity contribution in [3.63, 3.8) is 0 Å². The van der Waals surface area contributed by atoms with E-state index in [1.54, 1.807) is 0 Å². The fourth-order valence-corrected chi connectivity index (χ4v) is 4.29. The Bertz CT molecular complexity index is 282. The summed E-state index contributed by atoms with van der Waals surface area (Å²) < 4.78 is 12.0. The van der Waals surface area contributed by atoms with Crippen LogP contribution in [0, 0.1) is 5.92 Å². The van der Waals surface area contributed by atoms with Gasteiger partial charge in [-0.25, -0.2) is 0 Å². The first-order valence-corrected chi connectivity index (χ1v) is 8.29. The molecule has 3 atom stereocenters. The molecule has 1 saturated carbocycles. The third kappa shape index (κ3) is 3.32. The zero-order valence-electron chi connectivity index (χ0n) is 12.1. The van der Waals surface area contributed by atoms with Gasteiger partial charge in [-0.1, -0.05) is 12.8 Å². The van der Waals surface area contributed by atoms with Crippen LogP contribution in [0.15, 0.2) is 0 Å². The summed E-state index contributed by atoms with van der Waals surface area (Å²) in [5.74, 6) is 0.650. The molecule has 19 heavy (non-hydrogen) atoms. The van der Waals surface area contributed by atoms with Gasteiger partial charge in [0.2, 0.25) is 0 Å². The minimum Gasteiger partial charge on any atom is -0.378 e. The molecule has 2 heterocycles. The van der Waals surface area contributed by atoms with Crippen LogP contribution >= 0.6 is 0 Å². The van der Waals surface area contributed by atoms with E-state index in [2.05, 4.69) is 0 Å². The third-order valence-electron chi connectivity index (χ3n) is 5.46. The lowest BCUT2D eigenvalue weighted by Gasteiger charge is -2.41. The van der Waals surface area contributed by atoms with E-state index >= 15 is 0 Å². The molecular formula is C16H29NO2. The van der Waals surface area contributed by atoms with Crippen LogP contribution in [0.5, 0.6) is 0 Å². The van der Waals surface area contributed by atoms with Crippen molar-refractivity contribution in [1.82, 2.24) is 0 Å². The summed E-state index contributed by atoms with van der Waals surface area (Å²) in [4.78, 5) is 0. The van der Waals surface area contributed by atoms with Crippen molar-refractivity contribution in [2.75, 3.05) is 13.2 Å². The first kappa shape index (κ1) is 13.8. The molecule has 3 heteroatoms. The average molecular weight is 267 g/mol. The maximum Gasteiger partial charge on any atom is 0.0685 e. The summed E-state index contributed by atoms with van der Waals surface area (Å²) in [6.07, 6.45) is 12.8. The van der Waals surface area contributed by atoms with Crippen molar-refractivity contribution in [3.8, 4) is 0 Å². The predicted molar refractivity (Wildman–Crippen MR) is 76.1 cm³/mol. The van der Waals surface area contributed by atoms with Crippen molar-refractivity contribution >= 4 is 0 Å². The van der Waals surface area contributed by atoms with E-state index in [1.807, 2.05) is 0 Å². The molecular weight excluding hydrogens is 238 g/mol. The largest absolute Gasteiger partial charge is 0.378 e. The molecule has 0 radical (unpaired) electrons. The minimum atomic E-state index is 0.202. The summed E-state index contributed by atoms with van der Waals surface area (Å²) in [6.45, 7) is 1.86. The van der Waals surface area contributed by atoms with Gasteiger partial charge < -0.3 is 15.2 Å². The van der Waals surface area contributed by atoms with Gasteiger partial charge in [-0.2, -0.15) is 0 Å². The Balaban J connectivity index is 1.52. The third-order valence-corrected chi connectivity index (χ3v) is 5.46. The van der Waals surface area contributed by atoms with Gasteiger partial charge >= 0.3 is 0 Å². The second kappa shape index (κ2) is 6.11. The van der Waals surface area contributed by atoms with Gasteiger partial charge in [0.05, 0.1) is 11.7 Å². The van der Waals surface area contributed by atoms with E-state index in [4.69, 9.17) is 15.2 Å². The van der Waals surface area contributed by atoms with Crippen LogP contribution in [0.3, 0.4) is 0 Å². The topological polar surface area (TPSA) is 44.5 Å². The van der Waals surface area contributed by atoms with Crippen LogP contribution in [-0.2, 0) is 9.47 Å². The van der Waals surface area contributed by atoms with Gasteiger partial charge in [0.25, 0.3) is 0 Å². The van der Waals surface area contributed by atoms with Crippen LogP contribution in [-0.4, -0.2) is 31.0 Å². The highest BCUT2D eigenvalue weighted by Gasteiger charge is 2.41. The Hall–Kier alpha value is -0.120. The molecule has 2 aliphatic heterocycles. The lowest BCUT2D eigenvalue weighted by molar-refractivity contribution is -0.0993. The molecule has 1 spiro atoms. The predicted octanol–water partition coefficient (Wildman–Crippen LogP) is 3.01. The first-order valence-electron chi connectivity index (χ1n) is 8.29. The van der Waals surface area contributed by atoms with Crippen molar-refractivity contribution < 1.29 is 9.47 Å². The van der Waals surface area contributed by atoms with Gasteiger partial charge in [-0.15, -0.1) is 0 Å². The van der Waals surface area contributed by atoms with Crippen molar-refractivity contribution in [3.05, 3.63) is 0 Å². The molecule has 1 aliphatic carbocycles. The SMILES string of the molecule is NC(CC1CCCCO1)C1CCOC2(CCCC2)C1. The maximum atomic E-state index is 6.49. The Kier molecular flexibility index (Phi) is 4.45. The maximum absolute atomic E-state index is 6.49. The highest BCUT2D eigenvalue weighted by atomic mass is 16.5. The lowest BCUT2D eigenvalue weighted by Crippen LogP contribution is -2.45. The summed E-state index contributed by atoms with van der Waals surface area (Å²) in [5, 5.41) is 0. The van der Waals surface area contributed by atoms with Gasteiger partial charge in [0, 0.05) is 19.3 Å². The number of hydrogen-bond acceptors (Lipinski definition) is 3. The normalized spacial score (nSPS) is 36.5. The van der Waals surface area contributed by atoms with Gasteiger partial charge in [0.1, 0.15) is 0 Å². The van der Waals surface area contributed by atoms with E-state index < -0.39 is 0 Å². The number of ether oxygens (including phenoxy) is 2. The molecule has 2 saturated heterocycles. The van der Waals surface area contributed by atoms with Gasteiger partial charge in [-0.05, 0) is 57.3 Å². The molecule has 0 aromatic heterocycles. The summed E-state index contributed by atoms with van der Waals surface area (Å²) in [6, 6.07) is 0.310. The fourth-order valence-electron chi connectivity index (χ4n) is 4.29. The second-order valence-corrected chi connectivity index (χ2v) is 6.88. The van der Waals surface area contributed by atoms with E-state index in [9.17, 15) is 0 Å². The second-order valence-electron chi connectivity index (χ2n) is 6.88. The molecule has 3 aliphatic rings. The molecule has 0 bridgehead atoms. The molecule has 3 rings (SSSR count). The Morgan fingerprint density at radius 2 is 1.89 bits per heavy atom. The van der Waals surface area contributed by atoms with Crippen LogP contribution in [0.2, 0.25) is 0 Å². The Labute approximate surface area is 117 Å². The minimum absolute atomic E-state index is 0.202. The molecule has 3 fully saturated rings. The molecule has 2 N–H and O–H groups in total. The highest BCUT2D eigenvalue weighted by Crippen LogP contribution is 2.43. The molecule has 0 aromatic rings. The van der Waals surface area contributed by atoms with Crippen LogP contribution in [0.4, 0.5) is 0 Å². The summed E-state index contributed by atoms with van der Waals surface area (Å²) >= 11 is 0. The fraction of sp³-hybridized carbons (Fsp3) is 1.00. The molecule has 0 aromatic carbocycles. The van der Waals surface area contributed by atoms with Crippen LogP contribution in [0.1, 0.15) is 64.2 Å². The standard InChI is InChI=1S/C16H29NO2/c17-15(11-14-5-1-4-9-18-14)13-6-10-19-16(12-13)7-2-3-8-16/h13-15H,1-12,17H2. The quantitative estimate of drug-likeness (QED) is 0.855. The van der Waals surface area contributed by atoms with Gasteiger partial charge in [-0.3, -0.25) is 0 Å². The van der Waals surface area contributed by atoms with E-state index in [1.165, 1.54) is 51.4 Å². The average Bonchev–Trinajstić information content (AvgIpc) is 2.88. The number of hydrogen-bond donors (Lipinski definition) is 1. The Morgan fingerprint density at radius 3 is 2.63 bits per heavy atom. The first-order chi connectivity index (χ1) is 9.27. The summed E-state index contributed by atoms with van der Waals surface area (Å²) in [7, 11) is 0.